The lowest BCUT2D eigenvalue weighted by molar-refractivity contribution is -0.121. The van der Waals surface area contributed by atoms with Crippen molar-refractivity contribution in [1.29, 1.82) is 0 Å². The van der Waals surface area contributed by atoms with Crippen molar-refractivity contribution < 1.29 is 19.4 Å². The number of hydrogen-bond donors (Lipinski definition) is 4. The Labute approximate surface area is 199 Å². The average molecular weight is 475 g/mol. The maximum absolute atomic E-state index is 11.3. The highest BCUT2D eigenvalue weighted by Gasteiger charge is 2.16. The fourth-order valence-corrected chi connectivity index (χ4v) is 3.43. The summed E-state index contributed by atoms with van der Waals surface area (Å²) in [5.41, 5.74) is 5.10. The Bertz CT molecular complexity index is 969. The first-order valence-corrected chi connectivity index (χ1v) is 11.5. The number of nitrogens with one attached hydrogen (secondary N) is 3. The monoisotopic (exact) mass is 474 g/mol. The topological polar surface area (TPSA) is 104 Å². The normalized spacial score (nSPS) is 15.3. The molecule has 0 bridgehead atoms. The van der Waals surface area contributed by atoms with E-state index in [9.17, 15) is 9.90 Å². The molecule has 2 aromatic rings. The predicted molar refractivity (Wildman–Crippen MR) is 130 cm³/mol. The van der Waals surface area contributed by atoms with Crippen LogP contribution in [0, 0.1) is 0 Å². The summed E-state index contributed by atoms with van der Waals surface area (Å²) >= 11 is 6.38. The van der Waals surface area contributed by atoms with Crippen molar-refractivity contribution in [1.82, 2.24) is 10.7 Å². The van der Waals surface area contributed by atoms with Crippen molar-refractivity contribution in [3.8, 4) is 11.5 Å². The van der Waals surface area contributed by atoms with E-state index < -0.39 is 6.10 Å². The molecule has 0 spiro atoms. The van der Waals surface area contributed by atoms with Crippen LogP contribution in [0.15, 0.2) is 47.6 Å². The van der Waals surface area contributed by atoms with E-state index in [4.69, 9.17) is 21.1 Å². The molecule has 0 saturated heterocycles. The lowest BCUT2D eigenvalue weighted by Gasteiger charge is -2.20. The van der Waals surface area contributed by atoms with Crippen LogP contribution in [0.2, 0.25) is 5.02 Å². The van der Waals surface area contributed by atoms with Crippen molar-refractivity contribution >= 4 is 28.9 Å². The van der Waals surface area contributed by atoms with Gasteiger partial charge in [0.25, 0.3) is 0 Å². The SMILES string of the molecule is CCCNc1cccc(OCC(O)CNC(C)Oc2ccc(C3=NNC(=O)CC3)cc2Cl)c1. The maximum atomic E-state index is 11.3. The summed E-state index contributed by atoms with van der Waals surface area (Å²) in [6.07, 6.45) is 0.930. The third-order valence-electron chi connectivity index (χ3n) is 4.97. The van der Waals surface area contributed by atoms with E-state index in [1.165, 1.54) is 0 Å². The number of hydrazone groups is 1. The molecule has 1 aliphatic heterocycles. The molecule has 4 N–H and O–H groups in total. The van der Waals surface area contributed by atoms with Gasteiger partial charge in [-0.15, -0.1) is 0 Å². The molecule has 0 aromatic heterocycles. The van der Waals surface area contributed by atoms with Crippen LogP contribution in [0.4, 0.5) is 5.69 Å². The third-order valence-corrected chi connectivity index (χ3v) is 5.27. The van der Waals surface area contributed by atoms with Gasteiger partial charge >= 0.3 is 0 Å². The molecule has 9 heteroatoms. The first-order chi connectivity index (χ1) is 15.9. The Morgan fingerprint density at radius 1 is 1.24 bits per heavy atom. The minimum atomic E-state index is -0.708. The summed E-state index contributed by atoms with van der Waals surface area (Å²) in [6, 6.07) is 13.1. The minimum Gasteiger partial charge on any atom is -0.491 e. The smallest absolute Gasteiger partial charge is 0.240 e. The number of rotatable bonds is 12. The molecule has 8 nitrogen and oxygen atoms in total. The average Bonchev–Trinajstić information content (AvgIpc) is 2.82. The van der Waals surface area contributed by atoms with Gasteiger partial charge in [0.05, 0.1) is 10.7 Å². The second-order valence-electron chi connectivity index (χ2n) is 7.83. The summed E-state index contributed by atoms with van der Waals surface area (Å²) in [5.74, 6) is 1.13. The molecule has 0 saturated carbocycles. The summed E-state index contributed by atoms with van der Waals surface area (Å²) in [7, 11) is 0. The minimum absolute atomic E-state index is 0.0882. The second kappa shape index (κ2) is 12.4. The summed E-state index contributed by atoms with van der Waals surface area (Å²) in [6.45, 7) is 5.29. The fraction of sp³-hybridized carbons (Fsp3) is 0.417. The molecule has 1 amide bonds. The molecular weight excluding hydrogens is 444 g/mol. The van der Waals surface area contributed by atoms with E-state index >= 15 is 0 Å². The third kappa shape index (κ3) is 7.92. The Morgan fingerprint density at radius 3 is 2.82 bits per heavy atom. The van der Waals surface area contributed by atoms with Crippen LogP contribution in [0.1, 0.15) is 38.7 Å². The van der Waals surface area contributed by atoms with E-state index in [0.717, 1.165) is 29.9 Å². The van der Waals surface area contributed by atoms with Crippen LogP contribution in [0.5, 0.6) is 11.5 Å². The zero-order chi connectivity index (χ0) is 23.6. The first-order valence-electron chi connectivity index (χ1n) is 11.1. The van der Waals surface area contributed by atoms with Gasteiger partial charge in [-0.25, -0.2) is 5.43 Å². The molecule has 1 heterocycles. The van der Waals surface area contributed by atoms with E-state index in [0.29, 0.717) is 35.9 Å². The Hall–Kier alpha value is -2.81. The van der Waals surface area contributed by atoms with Gasteiger partial charge in [0.2, 0.25) is 5.91 Å². The molecule has 0 aliphatic carbocycles. The van der Waals surface area contributed by atoms with Gasteiger partial charge < -0.3 is 19.9 Å². The number of aliphatic hydroxyl groups excluding tert-OH is 1. The Morgan fingerprint density at radius 2 is 2.09 bits per heavy atom. The summed E-state index contributed by atoms with van der Waals surface area (Å²) in [4.78, 5) is 11.3. The standard InChI is InChI=1S/C24H31ClN4O4/c1-3-11-26-18-5-4-6-20(13-18)32-15-19(30)14-27-16(2)33-23-9-7-17(12-21(23)25)22-8-10-24(31)29-28-22/h4-7,9,12-13,16,19,26-27,30H,3,8,10-11,14-15H2,1-2H3,(H,29,31). The highest BCUT2D eigenvalue weighted by molar-refractivity contribution is 6.32. The largest absolute Gasteiger partial charge is 0.491 e. The van der Waals surface area contributed by atoms with Crippen LogP contribution in [-0.2, 0) is 4.79 Å². The summed E-state index contributed by atoms with van der Waals surface area (Å²) in [5, 5.41) is 21.2. The zero-order valence-corrected chi connectivity index (χ0v) is 19.7. The highest BCUT2D eigenvalue weighted by Crippen LogP contribution is 2.27. The number of nitrogens with zero attached hydrogens (tertiary/aromatic N) is 1. The first kappa shape index (κ1) is 24.8. The Kier molecular flexibility index (Phi) is 9.35. The van der Waals surface area contributed by atoms with Crippen LogP contribution < -0.4 is 25.5 Å². The van der Waals surface area contributed by atoms with Crippen LogP contribution in [0.3, 0.4) is 0 Å². The molecule has 2 atom stereocenters. The molecule has 0 radical (unpaired) electrons. The number of ether oxygens (including phenoxy) is 2. The lowest BCUT2D eigenvalue weighted by atomic mass is 10.0. The number of amides is 1. The molecule has 33 heavy (non-hydrogen) atoms. The van der Waals surface area contributed by atoms with Crippen LogP contribution in [0.25, 0.3) is 0 Å². The Balaban J connectivity index is 1.43. The quantitative estimate of drug-likeness (QED) is 0.351. The van der Waals surface area contributed by atoms with Gasteiger partial charge in [-0.2, -0.15) is 5.10 Å². The zero-order valence-electron chi connectivity index (χ0n) is 18.9. The number of benzene rings is 2. The maximum Gasteiger partial charge on any atom is 0.240 e. The number of hydrogen-bond acceptors (Lipinski definition) is 7. The van der Waals surface area contributed by atoms with Crippen molar-refractivity contribution in [2.75, 3.05) is 25.0 Å². The van der Waals surface area contributed by atoms with Crippen molar-refractivity contribution in [2.24, 2.45) is 5.10 Å². The number of carbonyl (C=O) groups is 1. The van der Waals surface area contributed by atoms with Crippen molar-refractivity contribution in [3.63, 3.8) is 0 Å². The van der Waals surface area contributed by atoms with Gasteiger partial charge in [0.1, 0.15) is 30.4 Å². The second-order valence-corrected chi connectivity index (χ2v) is 8.23. The number of anilines is 1. The molecule has 178 valence electrons. The van der Waals surface area contributed by atoms with Crippen molar-refractivity contribution in [3.05, 3.63) is 53.1 Å². The highest BCUT2D eigenvalue weighted by atomic mass is 35.5. The summed E-state index contributed by atoms with van der Waals surface area (Å²) < 4.78 is 11.6. The van der Waals surface area contributed by atoms with E-state index in [2.05, 4.69) is 28.1 Å². The van der Waals surface area contributed by atoms with Crippen LogP contribution >= 0.6 is 11.6 Å². The molecule has 3 rings (SSSR count). The van der Waals surface area contributed by atoms with E-state index in [1.54, 1.807) is 12.1 Å². The fourth-order valence-electron chi connectivity index (χ4n) is 3.21. The van der Waals surface area contributed by atoms with Crippen molar-refractivity contribution in [2.45, 2.75) is 45.4 Å². The van der Waals surface area contributed by atoms with Gasteiger partial charge in [0, 0.05) is 37.7 Å². The molecule has 2 unspecified atom stereocenters. The van der Waals surface area contributed by atoms with Gasteiger partial charge in [0.15, 0.2) is 0 Å². The van der Waals surface area contributed by atoms with E-state index in [-0.39, 0.29) is 18.7 Å². The predicted octanol–water partition coefficient (Wildman–Crippen LogP) is 3.53. The van der Waals surface area contributed by atoms with E-state index in [1.807, 2.05) is 37.3 Å². The molecule has 0 fully saturated rings. The van der Waals surface area contributed by atoms with Gasteiger partial charge in [-0.1, -0.05) is 24.6 Å². The number of carbonyl (C=O) groups excluding carboxylic acids is 1. The number of aliphatic hydroxyl groups is 1. The van der Waals surface area contributed by atoms with Gasteiger partial charge in [-0.3, -0.25) is 10.1 Å². The molecule has 2 aromatic carbocycles. The molecule has 1 aliphatic rings. The molecular formula is C24H31ClN4O4. The lowest BCUT2D eigenvalue weighted by Crippen LogP contribution is -2.39. The van der Waals surface area contributed by atoms with Crippen LogP contribution in [-0.4, -0.2) is 48.8 Å². The number of halogens is 1. The van der Waals surface area contributed by atoms with Gasteiger partial charge in [-0.05, 0) is 49.2 Å².